The van der Waals surface area contributed by atoms with Crippen LogP contribution in [0.25, 0.3) is 16.8 Å². The van der Waals surface area contributed by atoms with Crippen molar-refractivity contribution in [3.8, 4) is 5.75 Å². The summed E-state index contributed by atoms with van der Waals surface area (Å²) in [4.78, 5) is 15.5. The molecule has 34 heavy (non-hydrogen) atoms. The highest BCUT2D eigenvalue weighted by molar-refractivity contribution is 8.27. The molecule has 4 aromatic carbocycles. The van der Waals surface area contributed by atoms with E-state index in [4.69, 9.17) is 40.2 Å². The van der Waals surface area contributed by atoms with Gasteiger partial charge in [-0.05, 0) is 53.4 Å². The molecule has 0 aromatic heterocycles. The van der Waals surface area contributed by atoms with Gasteiger partial charge in [-0.25, -0.2) is 0 Å². The minimum atomic E-state index is -0.174. The maximum atomic E-state index is 13.4. The lowest BCUT2D eigenvalue weighted by Gasteiger charge is -2.17. The van der Waals surface area contributed by atoms with Crippen LogP contribution in [0.1, 0.15) is 11.1 Å². The number of halogens is 2. The van der Waals surface area contributed by atoms with Crippen LogP contribution < -0.4 is 9.64 Å². The number of anilines is 1. The van der Waals surface area contributed by atoms with Gasteiger partial charge in [-0.3, -0.25) is 9.69 Å². The van der Waals surface area contributed by atoms with E-state index in [1.165, 1.54) is 11.8 Å². The van der Waals surface area contributed by atoms with Crippen LogP contribution in [-0.4, -0.2) is 10.2 Å². The number of amides is 1. The average molecular weight is 522 g/mol. The Hall–Kier alpha value is -2.83. The van der Waals surface area contributed by atoms with Gasteiger partial charge in [-0.15, -0.1) is 0 Å². The number of benzene rings is 4. The van der Waals surface area contributed by atoms with Gasteiger partial charge in [-0.2, -0.15) is 0 Å². The van der Waals surface area contributed by atoms with Crippen molar-refractivity contribution in [2.75, 3.05) is 4.90 Å². The third kappa shape index (κ3) is 4.70. The zero-order chi connectivity index (χ0) is 23.7. The van der Waals surface area contributed by atoms with E-state index in [9.17, 15) is 4.79 Å². The molecule has 0 bridgehead atoms. The molecule has 0 spiro atoms. The third-order valence-electron chi connectivity index (χ3n) is 5.34. The Morgan fingerprint density at radius 3 is 2.53 bits per heavy atom. The molecule has 1 amide bonds. The number of hydrogen-bond acceptors (Lipinski definition) is 4. The lowest BCUT2D eigenvalue weighted by atomic mass is 10.1. The molecule has 1 fully saturated rings. The van der Waals surface area contributed by atoms with Crippen LogP contribution in [0.5, 0.6) is 5.75 Å². The van der Waals surface area contributed by atoms with E-state index in [1.54, 1.807) is 29.2 Å². The topological polar surface area (TPSA) is 29.5 Å². The maximum Gasteiger partial charge on any atom is 0.270 e. The Labute approximate surface area is 216 Å². The standard InChI is InChI=1S/C27H17Cl2NO2S2/c28-20-8-3-5-17(13-20)16-32-24-12-11-21(29)14-19(24)15-25-26(31)30(27(33)34-25)23-10-4-7-18-6-1-2-9-22(18)23/h1-15H,16H2/b25-15-. The normalized spacial score (nSPS) is 14.9. The monoisotopic (exact) mass is 521 g/mol. The quantitative estimate of drug-likeness (QED) is 0.196. The summed E-state index contributed by atoms with van der Waals surface area (Å²) in [6.45, 7) is 0.333. The molecule has 1 heterocycles. The molecule has 1 aliphatic rings. The molecule has 0 unspecified atom stereocenters. The first-order chi connectivity index (χ1) is 16.5. The highest BCUT2D eigenvalue weighted by atomic mass is 35.5. The molecule has 0 saturated carbocycles. The van der Waals surface area contributed by atoms with Crippen molar-refractivity contribution in [1.29, 1.82) is 0 Å². The van der Waals surface area contributed by atoms with Crippen LogP contribution in [-0.2, 0) is 11.4 Å². The Morgan fingerprint density at radius 2 is 1.68 bits per heavy atom. The number of carbonyl (C=O) groups excluding carboxylic acids is 1. The van der Waals surface area contributed by atoms with E-state index in [1.807, 2.05) is 66.7 Å². The van der Waals surface area contributed by atoms with Crippen molar-refractivity contribution in [1.82, 2.24) is 0 Å². The second-order valence-electron chi connectivity index (χ2n) is 7.62. The van der Waals surface area contributed by atoms with Crippen LogP contribution in [0.15, 0.2) is 89.8 Å². The molecule has 7 heteroatoms. The van der Waals surface area contributed by atoms with Gasteiger partial charge in [0.2, 0.25) is 0 Å². The molecule has 1 saturated heterocycles. The predicted molar refractivity (Wildman–Crippen MR) is 147 cm³/mol. The summed E-state index contributed by atoms with van der Waals surface area (Å²) in [5.74, 6) is 0.437. The fraction of sp³-hybridized carbons (Fsp3) is 0.0370. The molecule has 168 valence electrons. The average Bonchev–Trinajstić information content (AvgIpc) is 3.10. The van der Waals surface area contributed by atoms with Gasteiger partial charge in [0, 0.05) is 21.0 Å². The lowest BCUT2D eigenvalue weighted by Crippen LogP contribution is -2.27. The molecule has 0 radical (unpaired) electrons. The van der Waals surface area contributed by atoms with Gasteiger partial charge < -0.3 is 4.74 Å². The summed E-state index contributed by atoms with van der Waals surface area (Å²) in [6, 6.07) is 26.6. The van der Waals surface area contributed by atoms with Crippen molar-refractivity contribution in [3.05, 3.63) is 111 Å². The molecular formula is C27H17Cl2NO2S2. The Bertz CT molecular complexity index is 1460. The predicted octanol–water partition coefficient (Wildman–Crippen LogP) is 8.13. The highest BCUT2D eigenvalue weighted by Gasteiger charge is 2.34. The van der Waals surface area contributed by atoms with E-state index in [0.717, 1.165) is 22.0 Å². The fourth-order valence-electron chi connectivity index (χ4n) is 3.77. The molecule has 0 aliphatic carbocycles. The van der Waals surface area contributed by atoms with Crippen LogP contribution >= 0.6 is 47.2 Å². The van der Waals surface area contributed by atoms with Crippen LogP contribution in [0.3, 0.4) is 0 Å². The molecule has 0 N–H and O–H groups in total. The number of thiocarbonyl (C=S) groups is 1. The van der Waals surface area contributed by atoms with E-state index in [0.29, 0.717) is 37.2 Å². The van der Waals surface area contributed by atoms with Gasteiger partial charge in [0.15, 0.2) is 4.32 Å². The fourth-order valence-corrected chi connectivity index (χ4v) is 5.44. The minimum Gasteiger partial charge on any atom is -0.488 e. The molecular weight excluding hydrogens is 505 g/mol. The number of fused-ring (bicyclic) bond motifs is 1. The van der Waals surface area contributed by atoms with E-state index >= 15 is 0 Å². The molecule has 3 nitrogen and oxygen atoms in total. The van der Waals surface area contributed by atoms with Gasteiger partial charge in [0.1, 0.15) is 12.4 Å². The summed E-state index contributed by atoms with van der Waals surface area (Å²) < 4.78 is 6.53. The smallest absolute Gasteiger partial charge is 0.270 e. The summed E-state index contributed by atoms with van der Waals surface area (Å²) in [5.41, 5.74) is 2.41. The number of ether oxygens (including phenoxy) is 1. The Kier molecular flexibility index (Phi) is 6.61. The molecule has 1 aliphatic heterocycles. The van der Waals surface area contributed by atoms with Crippen LogP contribution in [0.2, 0.25) is 10.0 Å². The minimum absolute atomic E-state index is 0.174. The van der Waals surface area contributed by atoms with E-state index in [2.05, 4.69) is 0 Å². The number of carbonyl (C=O) groups is 1. The summed E-state index contributed by atoms with van der Waals surface area (Å²) in [6.07, 6.45) is 1.78. The van der Waals surface area contributed by atoms with Crippen molar-refractivity contribution in [2.45, 2.75) is 6.61 Å². The molecule has 4 aromatic rings. The number of thioether (sulfide) groups is 1. The summed E-state index contributed by atoms with van der Waals surface area (Å²) in [7, 11) is 0. The van der Waals surface area contributed by atoms with Gasteiger partial charge in [-0.1, -0.05) is 95.7 Å². The summed E-state index contributed by atoms with van der Waals surface area (Å²) >= 11 is 19.2. The van der Waals surface area contributed by atoms with E-state index in [-0.39, 0.29) is 5.91 Å². The third-order valence-corrected chi connectivity index (χ3v) is 7.12. The van der Waals surface area contributed by atoms with Crippen molar-refractivity contribution in [3.63, 3.8) is 0 Å². The summed E-state index contributed by atoms with van der Waals surface area (Å²) in [5, 5.41) is 3.21. The van der Waals surface area contributed by atoms with Crippen molar-refractivity contribution in [2.24, 2.45) is 0 Å². The number of hydrogen-bond donors (Lipinski definition) is 0. The van der Waals surface area contributed by atoms with Gasteiger partial charge >= 0.3 is 0 Å². The zero-order valence-corrected chi connectivity index (χ0v) is 20.8. The van der Waals surface area contributed by atoms with Gasteiger partial charge in [0.25, 0.3) is 5.91 Å². The number of rotatable bonds is 5. The van der Waals surface area contributed by atoms with E-state index < -0.39 is 0 Å². The molecule has 5 rings (SSSR count). The van der Waals surface area contributed by atoms with Crippen LogP contribution in [0, 0.1) is 0 Å². The Balaban J connectivity index is 1.46. The first kappa shape index (κ1) is 22.9. The van der Waals surface area contributed by atoms with Gasteiger partial charge in [0.05, 0.1) is 10.6 Å². The van der Waals surface area contributed by atoms with Crippen molar-refractivity contribution < 1.29 is 9.53 Å². The first-order valence-electron chi connectivity index (χ1n) is 10.4. The second kappa shape index (κ2) is 9.80. The Morgan fingerprint density at radius 1 is 0.912 bits per heavy atom. The van der Waals surface area contributed by atoms with Crippen molar-refractivity contribution >= 4 is 79.9 Å². The lowest BCUT2D eigenvalue weighted by molar-refractivity contribution is -0.113. The number of nitrogens with zero attached hydrogens (tertiary/aromatic N) is 1. The SMILES string of the molecule is O=C1/C(=C/c2cc(Cl)ccc2OCc2cccc(Cl)c2)SC(=S)N1c1cccc2ccccc12. The maximum absolute atomic E-state index is 13.4. The molecule has 0 atom stereocenters. The second-order valence-corrected chi connectivity index (χ2v) is 10.2. The zero-order valence-electron chi connectivity index (χ0n) is 17.7. The first-order valence-corrected chi connectivity index (χ1v) is 12.4. The largest absolute Gasteiger partial charge is 0.488 e. The van der Waals surface area contributed by atoms with Crippen LogP contribution in [0.4, 0.5) is 5.69 Å². The highest BCUT2D eigenvalue weighted by Crippen LogP contribution is 2.40.